The molecule has 1 aromatic heterocycles. The first-order valence-corrected chi connectivity index (χ1v) is 13.9. The second kappa shape index (κ2) is 11.5. The van der Waals surface area contributed by atoms with E-state index in [1.54, 1.807) is 10.6 Å². The van der Waals surface area contributed by atoms with Crippen LogP contribution in [0.1, 0.15) is 56.1 Å². The summed E-state index contributed by atoms with van der Waals surface area (Å²) in [5.74, 6) is -1.72. The Labute approximate surface area is 237 Å². The van der Waals surface area contributed by atoms with Crippen LogP contribution in [0.25, 0.3) is 17.0 Å². The number of rotatable bonds is 7. The molecule has 0 saturated carbocycles. The number of para-hydroxylation sites is 1. The molecule has 1 aliphatic rings. The molecular formula is C29H33BFN2O4PS. The number of fused-ring (bicyclic) bond motifs is 3. The van der Waals surface area contributed by atoms with E-state index in [1.807, 2.05) is 31.2 Å². The Hall–Kier alpha value is -2.61. The highest BCUT2D eigenvalue weighted by Gasteiger charge is 2.42. The molecule has 39 heavy (non-hydrogen) atoms. The molecule has 0 aliphatic carbocycles. The van der Waals surface area contributed by atoms with Crippen molar-refractivity contribution < 1.29 is 23.8 Å². The molecule has 2 radical (unpaired) electrons. The third kappa shape index (κ3) is 6.26. The fourth-order valence-corrected chi connectivity index (χ4v) is 5.62. The Bertz CT molecular complexity index is 1430. The van der Waals surface area contributed by atoms with Crippen molar-refractivity contribution in [3.05, 3.63) is 70.7 Å². The van der Waals surface area contributed by atoms with Gasteiger partial charge in [-0.1, -0.05) is 50.5 Å². The first kappa shape index (κ1) is 29.4. The lowest BCUT2D eigenvalue weighted by atomic mass is 9.80. The standard InChI is InChI=1S/C29H33BFN2O4PS/c1-16-11-20-19-7-5-6-8-23(19)33(28(36)37-14-17(2)39)26(20)27(32(16)15-29(3,4)38)25-21(30)12-18(13-22(25)31)9-10-24(34)35/h5-10,12-13,16-17,27,39H,11,14-15,38H2,1-4H3,(H,34,35)/b10-9+/t16-,17?,27?/m1/s1. The number of carbonyl (C=O) groups excluding carboxylic acids is 1. The molecule has 10 heteroatoms. The number of aromatic nitrogens is 1. The van der Waals surface area contributed by atoms with E-state index in [-0.39, 0.29) is 34.1 Å². The number of nitrogens with zero attached hydrogens (tertiary/aromatic N) is 2. The lowest BCUT2D eigenvalue weighted by molar-refractivity contribution is -0.131. The van der Waals surface area contributed by atoms with E-state index < -0.39 is 23.9 Å². The summed E-state index contributed by atoms with van der Waals surface area (Å²) in [6, 6.07) is 9.76. The van der Waals surface area contributed by atoms with E-state index in [2.05, 4.69) is 47.5 Å². The van der Waals surface area contributed by atoms with Crippen molar-refractivity contribution in [2.45, 2.75) is 56.6 Å². The summed E-state index contributed by atoms with van der Waals surface area (Å²) < 4.78 is 23.3. The Morgan fingerprint density at radius 3 is 2.64 bits per heavy atom. The zero-order valence-electron chi connectivity index (χ0n) is 22.5. The number of halogens is 1. The lowest BCUT2D eigenvalue weighted by Gasteiger charge is -2.45. The lowest BCUT2D eigenvalue weighted by Crippen LogP contribution is -2.49. The number of benzene rings is 2. The molecule has 0 amide bonds. The van der Waals surface area contributed by atoms with Crippen LogP contribution >= 0.6 is 21.9 Å². The van der Waals surface area contributed by atoms with Crippen LogP contribution in [0.4, 0.5) is 9.18 Å². The van der Waals surface area contributed by atoms with Crippen LogP contribution in [0.3, 0.4) is 0 Å². The van der Waals surface area contributed by atoms with Gasteiger partial charge in [0.15, 0.2) is 0 Å². The van der Waals surface area contributed by atoms with Crippen molar-refractivity contribution in [1.29, 1.82) is 0 Å². The summed E-state index contributed by atoms with van der Waals surface area (Å²) >= 11 is 4.35. The van der Waals surface area contributed by atoms with E-state index in [0.717, 1.165) is 17.0 Å². The SMILES string of the molecule is [B]c1cc(/C=C/C(=O)O)cc(F)c1C1c2c(c3ccccc3n2C(=O)OCC(C)S)C[C@@H](C)N1CC(C)(C)P. The van der Waals surface area contributed by atoms with E-state index >= 15 is 4.39 Å². The maximum Gasteiger partial charge on any atom is 0.418 e. The average molecular weight is 566 g/mol. The number of carboxylic acid groups (broad SMARTS) is 1. The Morgan fingerprint density at radius 2 is 2.03 bits per heavy atom. The van der Waals surface area contributed by atoms with Crippen molar-refractivity contribution in [3.8, 4) is 0 Å². The highest BCUT2D eigenvalue weighted by Crippen LogP contribution is 2.44. The second-order valence-electron chi connectivity index (χ2n) is 10.9. The maximum absolute atomic E-state index is 16.1. The number of ether oxygens (including phenoxy) is 1. The van der Waals surface area contributed by atoms with Crippen LogP contribution < -0.4 is 5.46 Å². The third-order valence-corrected chi connectivity index (χ3v) is 7.10. The van der Waals surface area contributed by atoms with Gasteiger partial charge in [-0.05, 0) is 47.8 Å². The Morgan fingerprint density at radius 1 is 1.33 bits per heavy atom. The molecule has 4 rings (SSSR count). The van der Waals surface area contributed by atoms with E-state index in [9.17, 15) is 9.59 Å². The molecule has 0 spiro atoms. The van der Waals surface area contributed by atoms with Crippen LogP contribution in [-0.2, 0) is 16.0 Å². The summed E-state index contributed by atoms with van der Waals surface area (Å²) in [5, 5.41) is 9.54. The first-order valence-electron chi connectivity index (χ1n) is 12.8. The van der Waals surface area contributed by atoms with Gasteiger partial charge in [-0.25, -0.2) is 18.5 Å². The van der Waals surface area contributed by atoms with Crippen LogP contribution in [-0.4, -0.2) is 64.1 Å². The fraction of sp³-hybridized carbons (Fsp3) is 0.379. The van der Waals surface area contributed by atoms with Crippen LogP contribution in [0, 0.1) is 5.82 Å². The quantitative estimate of drug-likeness (QED) is 0.183. The van der Waals surface area contributed by atoms with Gasteiger partial charge in [-0.2, -0.15) is 12.6 Å². The molecule has 2 aromatic carbocycles. The highest BCUT2D eigenvalue weighted by atomic mass is 32.1. The first-order chi connectivity index (χ1) is 18.3. The minimum absolute atomic E-state index is 0.000415. The monoisotopic (exact) mass is 566 g/mol. The zero-order chi connectivity index (χ0) is 28.6. The topological polar surface area (TPSA) is 71.8 Å². The van der Waals surface area contributed by atoms with Crippen LogP contribution in [0.2, 0.25) is 0 Å². The maximum atomic E-state index is 16.1. The van der Waals surface area contributed by atoms with Crippen molar-refractivity contribution in [3.63, 3.8) is 0 Å². The van der Waals surface area contributed by atoms with Crippen LogP contribution in [0.15, 0.2) is 42.5 Å². The summed E-state index contributed by atoms with van der Waals surface area (Å²) in [6.45, 7) is 8.78. The van der Waals surface area contributed by atoms with Crippen molar-refractivity contribution in [2.24, 2.45) is 0 Å². The third-order valence-electron chi connectivity index (χ3n) is 6.77. The predicted octanol–water partition coefficient (Wildman–Crippen LogP) is 4.96. The van der Waals surface area contributed by atoms with Gasteiger partial charge >= 0.3 is 12.1 Å². The molecule has 4 atom stereocenters. The minimum Gasteiger partial charge on any atom is -0.478 e. The van der Waals surface area contributed by atoms with Crippen LogP contribution in [0.5, 0.6) is 0 Å². The Balaban J connectivity index is 2.01. The van der Waals surface area contributed by atoms with Gasteiger partial charge in [-0.15, -0.1) is 9.24 Å². The highest BCUT2D eigenvalue weighted by molar-refractivity contribution is 7.80. The molecule has 204 valence electrons. The molecule has 3 unspecified atom stereocenters. The largest absolute Gasteiger partial charge is 0.478 e. The number of thiol groups is 1. The van der Waals surface area contributed by atoms with Gasteiger partial charge in [0.25, 0.3) is 0 Å². The molecule has 6 nitrogen and oxygen atoms in total. The minimum atomic E-state index is -1.14. The number of carboxylic acids is 1. The molecule has 2 heterocycles. The summed E-state index contributed by atoms with van der Waals surface area (Å²) in [5.41, 5.74) is 3.00. The summed E-state index contributed by atoms with van der Waals surface area (Å²) in [7, 11) is 9.36. The smallest absolute Gasteiger partial charge is 0.418 e. The summed E-state index contributed by atoms with van der Waals surface area (Å²) in [6.07, 6.45) is 2.33. The van der Waals surface area contributed by atoms with Gasteiger partial charge in [-0.3, -0.25) is 4.90 Å². The number of carbonyl (C=O) groups is 2. The fourth-order valence-electron chi connectivity index (χ4n) is 5.34. The van der Waals surface area contributed by atoms with E-state index in [1.165, 1.54) is 12.1 Å². The predicted molar refractivity (Wildman–Crippen MR) is 161 cm³/mol. The van der Waals surface area contributed by atoms with Gasteiger partial charge < -0.3 is 9.84 Å². The van der Waals surface area contributed by atoms with Gasteiger partial charge in [0.1, 0.15) is 20.3 Å². The summed E-state index contributed by atoms with van der Waals surface area (Å²) in [4.78, 5) is 26.8. The van der Waals surface area contributed by atoms with E-state index in [0.29, 0.717) is 29.7 Å². The molecular weight excluding hydrogens is 533 g/mol. The van der Waals surface area contributed by atoms with Gasteiger partial charge in [0.05, 0.1) is 17.3 Å². The molecule has 3 aromatic rings. The molecule has 1 aliphatic heterocycles. The van der Waals surface area contributed by atoms with Crippen molar-refractivity contribution in [2.75, 3.05) is 13.2 Å². The van der Waals surface area contributed by atoms with E-state index in [4.69, 9.17) is 17.7 Å². The zero-order valence-corrected chi connectivity index (χ0v) is 24.6. The van der Waals surface area contributed by atoms with Gasteiger partial charge in [0, 0.05) is 34.9 Å². The average Bonchev–Trinajstić information content (AvgIpc) is 3.15. The number of hydrogen-bond acceptors (Lipinski definition) is 5. The van der Waals surface area contributed by atoms with Crippen molar-refractivity contribution in [1.82, 2.24) is 9.47 Å². The molecule has 1 N–H and O–H groups in total. The van der Waals surface area contributed by atoms with Gasteiger partial charge in [0.2, 0.25) is 0 Å². The number of hydrogen-bond donors (Lipinski definition) is 2. The second-order valence-corrected chi connectivity index (χ2v) is 13.4. The molecule has 0 fully saturated rings. The van der Waals surface area contributed by atoms with Crippen molar-refractivity contribution >= 4 is 64.2 Å². The molecule has 0 bridgehead atoms. The molecule has 0 saturated heterocycles. The normalized spacial score (nSPS) is 18.8. The number of aliphatic carboxylic acids is 1. The Kier molecular flexibility index (Phi) is 8.65.